The molecule has 3 rings (SSSR count). The van der Waals surface area contributed by atoms with Crippen molar-refractivity contribution in [2.45, 2.75) is 26.7 Å². The molecule has 0 aliphatic rings. The van der Waals surface area contributed by atoms with Crippen LogP contribution in [0.15, 0.2) is 48.5 Å². The molecule has 0 saturated carbocycles. The van der Waals surface area contributed by atoms with Crippen LogP contribution in [0.3, 0.4) is 0 Å². The summed E-state index contributed by atoms with van der Waals surface area (Å²) in [5.74, 6) is 1.47. The minimum absolute atomic E-state index is 0.0159. The molecule has 0 aliphatic carbocycles. The van der Waals surface area contributed by atoms with Crippen LogP contribution in [-0.2, 0) is 17.6 Å². The number of amides is 1. The van der Waals surface area contributed by atoms with Gasteiger partial charge in [-0.15, -0.1) is 0 Å². The molecule has 1 amide bonds. The van der Waals surface area contributed by atoms with Crippen molar-refractivity contribution in [3.8, 4) is 11.4 Å². The molecule has 128 valence electrons. The number of nitrogens with zero attached hydrogens (tertiary/aromatic N) is 2. The van der Waals surface area contributed by atoms with Crippen LogP contribution in [-0.4, -0.2) is 27.6 Å². The van der Waals surface area contributed by atoms with Gasteiger partial charge < -0.3 is 5.32 Å². The molecule has 0 bridgehead atoms. The van der Waals surface area contributed by atoms with Crippen molar-refractivity contribution in [1.82, 2.24) is 20.5 Å². The van der Waals surface area contributed by atoms with Crippen LogP contribution in [0, 0.1) is 13.8 Å². The van der Waals surface area contributed by atoms with E-state index in [1.165, 1.54) is 11.1 Å². The number of hydrogen-bond acceptors (Lipinski definition) is 3. The Morgan fingerprint density at radius 1 is 1.00 bits per heavy atom. The van der Waals surface area contributed by atoms with Gasteiger partial charge in [0, 0.05) is 18.5 Å². The first-order chi connectivity index (χ1) is 12.1. The summed E-state index contributed by atoms with van der Waals surface area (Å²) in [6.07, 6.45) is 1.02. The summed E-state index contributed by atoms with van der Waals surface area (Å²) >= 11 is 0. The lowest BCUT2D eigenvalue weighted by atomic mass is 10.1. The molecule has 2 aromatic carbocycles. The highest BCUT2D eigenvalue weighted by molar-refractivity contribution is 5.78. The molecule has 0 spiro atoms. The molecule has 1 aromatic heterocycles. The lowest BCUT2D eigenvalue weighted by Crippen LogP contribution is -2.27. The van der Waals surface area contributed by atoms with Gasteiger partial charge in [-0.3, -0.25) is 9.89 Å². The van der Waals surface area contributed by atoms with Crippen molar-refractivity contribution in [3.63, 3.8) is 0 Å². The maximum Gasteiger partial charge on any atom is 0.224 e. The molecule has 0 unspecified atom stereocenters. The van der Waals surface area contributed by atoms with E-state index in [0.29, 0.717) is 25.2 Å². The Kier molecular flexibility index (Phi) is 5.23. The highest BCUT2D eigenvalue weighted by Gasteiger charge is 2.07. The molecule has 0 saturated heterocycles. The third-order valence-electron chi connectivity index (χ3n) is 4.01. The van der Waals surface area contributed by atoms with Gasteiger partial charge in [0.1, 0.15) is 5.82 Å². The summed E-state index contributed by atoms with van der Waals surface area (Å²) in [5.41, 5.74) is 4.40. The van der Waals surface area contributed by atoms with Crippen molar-refractivity contribution in [1.29, 1.82) is 0 Å². The number of H-pyrrole nitrogens is 1. The quantitative estimate of drug-likeness (QED) is 0.728. The fraction of sp³-hybridized carbons (Fsp3) is 0.250. The van der Waals surface area contributed by atoms with Crippen LogP contribution in [0.2, 0.25) is 0 Å². The van der Waals surface area contributed by atoms with Crippen LogP contribution < -0.4 is 5.32 Å². The Hall–Kier alpha value is -2.95. The van der Waals surface area contributed by atoms with E-state index in [9.17, 15) is 4.79 Å². The van der Waals surface area contributed by atoms with Gasteiger partial charge in [-0.05, 0) is 19.4 Å². The highest BCUT2D eigenvalue weighted by Crippen LogP contribution is 2.15. The number of carbonyl (C=O) groups excluding carboxylic acids is 1. The molecular weight excluding hydrogens is 312 g/mol. The molecular formula is C20H22N4O. The summed E-state index contributed by atoms with van der Waals surface area (Å²) in [6.45, 7) is 4.62. The zero-order valence-corrected chi connectivity index (χ0v) is 14.5. The second-order valence-corrected chi connectivity index (χ2v) is 6.23. The first-order valence-corrected chi connectivity index (χ1v) is 8.41. The van der Waals surface area contributed by atoms with Crippen molar-refractivity contribution < 1.29 is 4.79 Å². The number of benzene rings is 2. The standard InChI is InChI=1S/C20H22N4O/c1-14-3-7-16(8-4-14)13-19(25)21-12-11-18-22-20(24-23-18)17-9-5-15(2)6-10-17/h3-10H,11-13H2,1-2H3,(H,21,25)(H,22,23,24). The summed E-state index contributed by atoms with van der Waals surface area (Å²) in [7, 11) is 0. The monoisotopic (exact) mass is 334 g/mol. The smallest absolute Gasteiger partial charge is 0.224 e. The van der Waals surface area contributed by atoms with E-state index in [1.54, 1.807) is 0 Å². The van der Waals surface area contributed by atoms with Crippen molar-refractivity contribution in [2.75, 3.05) is 6.54 Å². The third kappa shape index (κ3) is 4.76. The fourth-order valence-electron chi connectivity index (χ4n) is 2.51. The van der Waals surface area contributed by atoms with E-state index in [2.05, 4.69) is 20.5 Å². The third-order valence-corrected chi connectivity index (χ3v) is 4.01. The van der Waals surface area contributed by atoms with Gasteiger partial charge in [0.15, 0.2) is 5.82 Å². The number of aromatic nitrogens is 3. The number of carbonyl (C=O) groups is 1. The largest absolute Gasteiger partial charge is 0.355 e. The maximum absolute atomic E-state index is 12.0. The van der Waals surface area contributed by atoms with Gasteiger partial charge in [-0.2, -0.15) is 5.10 Å². The van der Waals surface area contributed by atoms with E-state index in [-0.39, 0.29) is 5.91 Å². The van der Waals surface area contributed by atoms with E-state index in [4.69, 9.17) is 0 Å². The van der Waals surface area contributed by atoms with E-state index in [0.717, 1.165) is 17.0 Å². The zero-order valence-electron chi connectivity index (χ0n) is 14.5. The lowest BCUT2D eigenvalue weighted by molar-refractivity contribution is -0.120. The first-order valence-electron chi connectivity index (χ1n) is 8.41. The second-order valence-electron chi connectivity index (χ2n) is 6.23. The molecule has 1 heterocycles. The highest BCUT2D eigenvalue weighted by atomic mass is 16.1. The van der Waals surface area contributed by atoms with Crippen LogP contribution in [0.1, 0.15) is 22.5 Å². The van der Waals surface area contributed by atoms with E-state index in [1.807, 2.05) is 62.4 Å². The Labute approximate surface area is 147 Å². The summed E-state index contributed by atoms with van der Waals surface area (Å²) in [5, 5.41) is 10.1. The number of aryl methyl sites for hydroxylation is 2. The average molecular weight is 334 g/mol. The minimum Gasteiger partial charge on any atom is -0.355 e. The molecule has 2 N–H and O–H groups in total. The lowest BCUT2D eigenvalue weighted by Gasteiger charge is -2.04. The summed E-state index contributed by atoms with van der Waals surface area (Å²) in [4.78, 5) is 16.5. The van der Waals surface area contributed by atoms with Gasteiger partial charge in [-0.25, -0.2) is 4.98 Å². The van der Waals surface area contributed by atoms with Gasteiger partial charge >= 0.3 is 0 Å². The molecule has 5 nitrogen and oxygen atoms in total. The predicted octanol–water partition coefficient (Wildman–Crippen LogP) is 2.99. The second kappa shape index (κ2) is 7.75. The van der Waals surface area contributed by atoms with Crippen molar-refractivity contribution >= 4 is 5.91 Å². The SMILES string of the molecule is Cc1ccc(CC(=O)NCCc2nc(-c3ccc(C)cc3)n[nH]2)cc1. The van der Waals surface area contributed by atoms with Gasteiger partial charge in [-0.1, -0.05) is 59.7 Å². The van der Waals surface area contributed by atoms with Crippen LogP contribution in [0.4, 0.5) is 0 Å². The molecule has 5 heteroatoms. The number of rotatable bonds is 6. The van der Waals surface area contributed by atoms with E-state index >= 15 is 0 Å². The van der Waals surface area contributed by atoms with Crippen LogP contribution >= 0.6 is 0 Å². The Morgan fingerprint density at radius 3 is 2.32 bits per heavy atom. The van der Waals surface area contributed by atoms with Gasteiger partial charge in [0.25, 0.3) is 0 Å². The zero-order chi connectivity index (χ0) is 17.6. The number of hydrogen-bond donors (Lipinski definition) is 2. The van der Waals surface area contributed by atoms with Crippen molar-refractivity contribution in [3.05, 3.63) is 71.0 Å². The first kappa shape index (κ1) is 16.9. The summed E-state index contributed by atoms with van der Waals surface area (Å²) in [6, 6.07) is 16.1. The topological polar surface area (TPSA) is 70.7 Å². The van der Waals surface area contributed by atoms with E-state index < -0.39 is 0 Å². The maximum atomic E-state index is 12.0. The normalized spacial score (nSPS) is 10.6. The average Bonchev–Trinajstić information content (AvgIpc) is 3.06. The number of aromatic amines is 1. The van der Waals surface area contributed by atoms with Crippen LogP contribution in [0.5, 0.6) is 0 Å². The molecule has 0 atom stereocenters. The number of nitrogens with one attached hydrogen (secondary N) is 2. The fourth-order valence-corrected chi connectivity index (χ4v) is 2.51. The Morgan fingerprint density at radius 2 is 1.64 bits per heavy atom. The molecule has 0 radical (unpaired) electrons. The van der Waals surface area contributed by atoms with Crippen LogP contribution in [0.25, 0.3) is 11.4 Å². The van der Waals surface area contributed by atoms with Gasteiger partial charge in [0.2, 0.25) is 5.91 Å². The molecule has 0 aliphatic heterocycles. The summed E-state index contributed by atoms with van der Waals surface area (Å²) < 4.78 is 0. The molecule has 3 aromatic rings. The molecule has 25 heavy (non-hydrogen) atoms. The van der Waals surface area contributed by atoms with Crippen molar-refractivity contribution in [2.24, 2.45) is 0 Å². The minimum atomic E-state index is 0.0159. The molecule has 0 fully saturated rings. The predicted molar refractivity (Wildman–Crippen MR) is 98.2 cm³/mol. The van der Waals surface area contributed by atoms with Gasteiger partial charge in [0.05, 0.1) is 6.42 Å². The Balaban J connectivity index is 1.48. The Bertz CT molecular complexity index is 835.